The van der Waals surface area contributed by atoms with Crippen molar-refractivity contribution in [1.82, 2.24) is 10.1 Å². The van der Waals surface area contributed by atoms with Gasteiger partial charge in [-0.05, 0) is 47.0 Å². The van der Waals surface area contributed by atoms with Crippen LogP contribution in [0, 0.1) is 0 Å². The van der Waals surface area contributed by atoms with Gasteiger partial charge in [-0.25, -0.2) is 4.79 Å². The predicted molar refractivity (Wildman–Crippen MR) is 71.7 cm³/mol. The minimum absolute atomic E-state index is 0.112. The zero-order valence-electron chi connectivity index (χ0n) is 10.4. The zero-order valence-corrected chi connectivity index (χ0v) is 12.0. The molecule has 6 nitrogen and oxygen atoms in total. The molecule has 0 radical (unpaired) electrons. The highest BCUT2D eigenvalue weighted by Gasteiger charge is 2.28. The number of carboxylic acid groups (broad SMARTS) is 1. The number of hydrogen-bond acceptors (Lipinski definition) is 5. The molecule has 0 saturated heterocycles. The van der Waals surface area contributed by atoms with Crippen LogP contribution in [0.5, 0.6) is 5.75 Å². The molecule has 0 aliphatic heterocycles. The summed E-state index contributed by atoms with van der Waals surface area (Å²) in [6, 6.07) is 4.57. The van der Waals surface area contributed by atoms with Gasteiger partial charge >= 0.3 is 5.97 Å². The molecule has 7 heteroatoms. The van der Waals surface area contributed by atoms with E-state index < -0.39 is 5.97 Å². The third-order valence-corrected chi connectivity index (χ3v) is 3.61. The minimum atomic E-state index is -1.00. The van der Waals surface area contributed by atoms with Crippen molar-refractivity contribution in [2.75, 3.05) is 0 Å². The summed E-state index contributed by atoms with van der Waals surface area (Å²) in [6.45, 7) is 0.112. The van der Waals surface area contributed by atoms with E-state index in [1.54, 1.807) is 6.07 Å². The van der Waals surface area contributed by atoms with Crippen molar-refractivity contribution in [2.45, 2.75) is 25.4 Å². The lowest BCUT2D eigenvalue weighted by Crippen LogP contribution is -2.00. The van der Waals surface area contributed by atoms with E-state index in [1.807, 2.05) is 0 Å². The summed E-state index contributed by atoms with van der Waals surface area (Å²) in [7, 11) is 0. The molecule has 0 atom stereocenters. The number of aromatic carboxylic acids is 1. The highest BCUT2D eigenvalue weighted by Crippen LogP contribution is 2.38. The summed E-state index contributed by atoms with van der Waals surface area (Å²) in [5, 5.41) is 12.8. The second kappa shape index (κ2) is 5.24. The van der Waals surface area contributed by atoms with Crippen LogP contribution in [-0.4, -0.2) is 21.2 Å². The third-order valence-electron chi connectivity index (χ3n) is 2.96. The van der Waals surface area contributed by atoms with Gasteiger partial charge in [0.1, 0.15) is 5.75 Å². The van der Waals surface area contributed by atoms with E-state index in [1.165, 1.54) is 12.1 Å². The molecular formula is C13H11BrN2O4. The molecule has 0 amide bonds. The van der Waals surface area contributed by atoms with Crippen molar-refractivity contribution < 1.29 is 19.2 Å². The molecule has 1 fully saturated rings. The molecule has 2 aromatic rings. The number of ether oxygens (including phenoxy) is 1. The van der Waals surface area contributed by atoms with Crippen molar-refractivity contribution in [3.63, 3.8) is 0 Å². The normalized spacial score (nSPS) is 14.2. The van der Waals surface area contributed by atoms with Crippen LogP contribution in [0.15, 0.2) is 27.2 Å². The standard InChI is InChI=1S/C13H11BrN2O4/c14-9-4-3-8(13(17)18)5-10(9)19-6-11-15-12(16-20-11)7-1-2-7/h3-5,7H,1-2,6H2,(H,17,18). The van der Waals surface area contributed by atoms with Gasteiger partial charge < -0.3 is 14.4 Å². The summed E-state index contributed by atoms with van der Waals surface area (Å²) < 4.78 is 11.3. The van der Waals surface area contributed by atoms with Gasteiger partial charge in [0, 0.05) is 5.92 Å². The van der Waals surface area contributed by atoms with Crippen LogP contribution in [0.4, 0.5) is 0 Å². The van der Waals surface area contributed by atoms with E-state index >= 15 is 0 Å². The summed E-state index contributed by atoms with van der Waals surface area (Å²) in [5.41, 5.74) is 0.160. The molecule has 0 bridgehead atoms. The lowest BCUT2D eigenvalue weighted by atomic mass is 10.2. The van der Waals surface area contributed by atoms with Crippen LogP contribution in [0.1, 0.15) is 40.8 Å². The number of hydrogen-bond donors (Lipinski definition) is 1. The molecule has 1 aromatic carbocycles. The van der Waals surface area contributed by atoms with E-state index in [2.05, 4.69) is 26.1 Å². The average molecular weight is 339 g/mol. The van der Waals surface area contributed by atoms with E-state index in [0.29, 0.717) is 22.0 Å². The molecule has 0 spiro atoms. The first kappa shape index (κ1) is 13.1. The molecular weight excluding hydrogens is 328 g/mol. The molecule has 104 valence electrons. The maximum absolute atomic E-state index is 10.9. The van der Waals surface area contributed by atoms with Gasteiger partial charge in [-0.2, -0.15) is 4.98 Å². The number of carboxylic acids is 1. The molecule has 1 aliphatic carbocycles. The molecule has 20 heavy (non-hydrogen) atoms. The number of aromatic nitrogens is 2. The zero-order chi connectivity index (χ0) is 14.1. The SMILES string of the molecule is O=C(O)c1ccc(Br)c(OCc2nc(C3CC3)no2)c1. The first-order valence-electron chi connectivity index (χ1n) is 6.11. The highest BCUT2D eigenvalue weighted by atomic mass is 79.9. The first-order chi connectivity index (χ1) is 9.63. The van der Waals surface area contributed by atoms with E-state index in [0.717, 1.165) is 18.7 Å². The Labute approximate surface area is 122 Å². The monoisotopic (exact) mass is 338 g/mol. The fourth-order valence-electron chi connectivity index (χ4n) is 1.72. The van der Waals surface area contributed by atoms with Crippen molar-refractivity contribution in [3.05, 3.63) is 40.0 Å². The Kier molecular flexibility index (Phi) is 3.43. The summed E-state index contributed by atoms with van der Waals surface area (Å²) in [4.78, 5) is 15.2. The van der Waals surface area contributed by atoms with E-state index in [-0.39, 0.29) is 12.2 Å². The Hall–Kier alpha value is -1.89. The molecule has 1 N–H and O–H groups in total. The van der Waals surface area contributed by atoms with Crippen LogP contribution in [0.25, 0.3) is 0 Å². The van der Waals surface area contributed by atoms with Gasteiger partial charge in [-0.15, -0.1) is 0 Å². The Morgan fingerprint density at radius 3 is 3.00 bits per heavy atom. The van der Waals surface area contributed by atoms with Crippen molar-refractivity contribution >= 4 is 21.9 Å². The van der Waals surface area contributed by atoms with Crippen LogP contribution < -0.4 is 4.74 Å². The summed E-state index contributed by atoms with van der Waals surface area (Å²) in [6.07, 6.45) is 2.21. The van der Waals surface area contributed by atoms with Gasteiger partial charge in [-0.1, -0.05) is 5.16 Å². The van der Waals surface area contributed by atoms with Crippen LogP contribution in [-0.2, 0) is 6.61 Å². The minimum Gasteiger partial charge on any atom is -0.483 e. The predicted octanol–water partition coefficient (Wildman–Crippen LogP) is 2.99. The molecule has 1 heterocycles. The Morgan fingerprint density at radius 1 is 1.50 bits per heavy atom. The van der Waals surface area contributed by atoms with Crippen molar-refractivity contribution in [2.24, 2.45) is 0 Å². The number of carbonyl (C=O) groups is 1. The average Bonchev–Trinajstić information content (AvgIpc) is 3.17. The second-order valence-electron chi connectivity index (χ2n) is 4.56. The van der Waals surface area contributed by atoms with Gasteiger partial charge in [-0.3, -0.25) is 0 Å². The Bertz CT molecular complexity index is 652. The Morgan fingerprint density at radius 2 is 2.30 bits per heavy atom. The fourth-order valence-corrected chi connectivity index (χ4v) is 2.08. The first-order valence-corrected chi connectivity index (χ1v) is 6.91. The van der Waals surface area contributed by atoms with Crippen molar-refractivity contribution in [1.29, 1.82) is 0 Å². The van der Waals surface area contributed by atoms with Crippen LogP contribution in [0.3, 0.4) is 0 Å². The lowest BCUT2D eigenvalue weighted by Gasteiger charge is -2.06. The second-order valence-corrected chi connectivity index (χ2v) is 5.41. The lowest BCUT2D eigenvalue weighted by molar-refractivity contribution is 0.0696. The molecule has 1 aromatic heterocycles. The van der Waals surface area contributed by atoms with E-state index in [9.17, 15) is 4.79 Å². The smallest absolute Gasteiger partial charge is 0.335 e. The number of benzene rings is 1. The fraction of sp³-hybridized carbons (Fsp3) is 0.308. The molecule has 1 aliphatic rings. The van der Waals surface area contributed by atoms with Crippen LogP contribution in [0.2, 0.25) is 0 Å². The highest BCUT2D eigenvalue weighted by molar-refractivity contribution is 9.10. The molecule has 0 unspecified atom stereocenters. The number of nitrogens with zero attached hydrogens (tertiary/aromatic N) is 2. The summed E-state index contributed by atoms with van der Waals surface area (Å²) in [5.74, 6) is 0.961. The van der Waals surface area contributed by atoms with Gasteiger partial charge in [0.25, 0.3) is 5.89 Å². The number of halogens is 1. The van der Waals surface area contributed by atoms with Crippen LogP contribution >= 0.6 is 15.9 Å². The maximum atomic E-state index is 10.9. The quantitative estimate of drug-likeness (QED) is 0.901. The topological polar surface area (TPSA) is 85.5 Å². The third kappa shape index (κ3) is 2.82. The summed E-state index contributed by atoms with van der Waals surface area (Å²) >= 11 is 3.31. The Balaban J connectivity index is 1.70. The van der Waals surface area contributed by atoms with E-state index in [4.69, 9.17) is 14.4 Å². The largest absolute Gasteiger partial charge is 0.483 e. The van der Waals surface area contributed by atoms with Gasteiger partial charge in [0.15, 0.2) is 12.4 Å². The van der Waals surface area contributed by atoms with Crippen molar-refractivity contribution in [3.8, 4) is 5.75 Å². The number of rotatable bonds is 5. The maximum Gasteiger partial charge on any atom is 0.335 e. The van der Waals surface area contributed by atoms with Gasteiger partial charge in [0.2, 0.25) is 0 Å². The van der Waals surface area contributed by atoms with Gasteiger partial charge in [0.05, 0.1) is 10.0 Å². The molecule has 3 rings (SSSR count). The molecule has 1 saturated carbocycles.